The first-order valence-corrected chi connectivity index (χ1v) is 3.61. The first-order valence-electron chi connectivity index (χ1n) is 3.61. The van der Waals surface area contributed by atoms with Crippen molar-refractivity contribution < 1.29 is 0 Å². The van der Waals surface area contributed by atoms with E-state index in [9.17, 15) is 0 Å². The van der Waals surface area contributed by atoms with Crippen molar-refractivity contribution in [2.75, 3.05) is 0 Å². The molecule has 0 saturated heterocycles. The highest BCUT2D eigenvalue weighted by atomic mass is 14.0. The molecule has 0 aliphatic heterocycles. The molecule has 0 amide bonds. The van der Waals surface area contributed by atoms with Crippen LogP contribution >= 0.6 is 0 Å². The maximum Gasteiger partial charge on any atom is -0.0511 e. The third-order valence-corrected chi connectivity index (χ3v) is 1.96. The lowest BCUT2D eigenvalue weighted by Crippen LogP contribution is -1.86. The average molecular weight is 133 g/mol. The fraction of sp³-hybridized carbons (Fsp3) is 0.300. The van der Waals surface area contributed by atoms with Gasteiger partial charge in [0.15, 0.2) is 0 Å². The summed E-state index contributed by atoms with van der Waals surface area (Å²) in [7, 11) is 0. The van der Waals surface area contributed by atoms with Gasteiger partial charge in [-0.1, -0.05) is 26.8 Å². The van der Waals surface area contributed by atoms with Crippen molar-refractivity contribution in [3.63, 3.8) is 0 Å². The SMILES string of the molecule is C[CH-]c1cccc(C)c1C. The van der Waals surface area contributed by atoms with Crippen molar-refractivity contribution in [2.45, 2.75) is 20.8 Å². The molecule has 0 saturated carbocycles. The van der Waals surface area contributed by atoms with Crippen LogP contribution in [-0.2, 0) is 0 Å². The molecule has 0 radical (unpaired) electrons. The highest BCUT2D eigenvalue weighted by Gasteiger charge is 1.86. The fourth-order valence-electron chi connectivity index (χ4n) is 1.09. The molecule has 0 atom stereocenters. The minimum Gasteiger partial charge on any atom is -0.189 e. The van der Waals surface area contributed by atoms with Gasteiger partial charge < -0.3 is 0 Å². The molecule has 0 heteroatoms. The smallest absolute Gasteiger partial charge is 0.0511 e. The van der Waals surface area contributed by atoms with Gasteiger partial charge in [0.05, 0.1) is 0 Å². The van der Waals surface area contributed by atoms with Gasteiger partial charge in [-0.15, -0.1) is 17.2 Å². The van der Waals surface area contributed by atoms with Gasteiger partial charge in [0.2, 0.25) is 0 Å². The molecule has 10 heavy (non-hydrogen) atoms. The highest BCUT2D eigenvalue weighted by Crippen LogP contribution is 2.13. The fourth-order valence-corrected chi connectivity index (χ4v) is 1.09. The zero-order valence-corrected chi connectivity index (χ0v) is 6.81. The minimum absolute atomic E-state index is 1.35. The second kappa shape index (κ2) is 2.78. The molecule has 0 aliphatic carbocycles. The maximum atomic E-state index is 2.16. The van der Waals surface area contributed by atoms with Crippen LogP contribution in [0.5, 0.6) is 0 Å². The van der Waals surface area contributed by atoms with Gasteiger partial charge in [0.25, 0.3) is 0 Å². The van der Waals surface area contributed by atoms with E-state index in [2.05, 4.69) is 45.4 Å². The Morgan fingerprint density at radius 1 is 1.20 bits per heavy atom. The Hall–Kier alpha value is -0.910. The Balaban J connectivity index is 3.14. The first-order chi connectivity index (χ1) is 4.75. The van der Waals surface area contributed by atoms with E-state index in [1.54, 1.807) is 0 Å². The van der Waals surface area contributed by atoms with Gasteiger partial charge in [-0.2, -0.15) is 18.1 Å². The zero-order chi connectivity index (χ0) is 7.56. The molecule has 1 rings (SSSR count). The van der Waals surface area contributed by atoms with E-state index in [-0.39, 0.29) is 0 Å². The second-order valence-electron chi connectivity index (χ2n) is 2.58. The molecule has 0 spiro atoms. The lowest BCUT2D eigenvalue weighted by molar-refractivity contribution is 1.26. The quantitative estimate of drug-likeness (QED) is 0.517. The molecule has 0 unspecified atom stereocenters. The van der Waals surface area contributed by atoms with Crippen LogP contribution in [0.15, 0.2) is 18.2 Å². The molecular formula is C10H13-. The average Bonchev–Trinajstić information content (AvgIpc) is 1.95. The summed E-state index contributed by atoms with van der Waals surface area (Å²) in [6.45, 7) is 6.37. The van der Waals surface area contributed by atoms with Gasteiger partial charge >= 0.3 is 0 Å². The summed E-state index contributed by atoms with van der Waals surface area (Å²) >= 11 is 0. The molecule has 0 bridgehead atoms. The predicted molar refractivity (Wildman–Crippen MR) is 45.0 cm³/mol. The van der Waals surface area contributed by atoms with Crippen molar-refractivity contribution in [1.82, 2.24) is 0 Å². The summed E-state index contributed by atoms with van der Waals surface area (Å²) in [4.78, 5) is 0. The van der Waals surface area contributed by atoms with E-state index < -0.39 is 0 Å². The number of hydrogen-bond donors (Lipinski definition) is 0. The minimum atomic E-state index is 1.35. The Kier molecular flexibility index (Phi) is 2.00. The van der Waals surface area contributed by atoms with E-state index >= 15 is 0 Å². The summed E-state index contributed by atoms with van der Waals surface area (Å²) in [5, 5.41) is 0. The topological polar surface area (TPSA) is 0 Å². The van der Waals surface area contributed by atoms with Crippen molar-refractivity contribution in [2.24, 2.45) is 0 Å². The Morgan fingerprint density at radius 2 is 1.90 bits per heavy atom. The normalized spacial score (nSPS) is 9.50. The number of rotatable bonds is 1. The molecule has 0 heterocycles. The van der Waals surface area contributed by atoms with Crippen molar-refractivity contribution >= 4 is 0 Å². The van der Waals surface area contributed by atoms with Crippen LogP contribution in [-0.4, -0.2) is 0 Å². The van der Waals surface area contributed by atoms with Crippen LogP contribution in [0, 0.1) is 20.3 Å². The highest BCUT2D eigenvalue weighted by molar-refractivity contribution is 5.36. The van der Waals surface area contributed by atoms with Crippen molar-refractivity contribution in [3.8, 4) is 0 Å². The van der Waals surface area contributed by atoms with Crippen molar-refractivity contribution in [1.29, 1.82) is 0 Å². The monoisotopic (exact) mass is 133 g/mol. The summed E-state index contributed by atoms with van der Waals surface area (Å²) in [6, 6.07) is 6.38. The van der Waals surface area contributed by atoms with E-state index in [1.807, 2.05) is 0 Å². The largest absolute Gasteiger partial charge is 0.189 e. The summed E-state index contributed by atoms with van der Waals surface area (Å²) in [6.07, 6.45) is 2.14. The molecule has 0 aliphatic rings. The van der Waals surface area contributed by atoms with Crippen LogP contribution in [0.25, 0.3) is 0 Å². The number of hydrogen-bond acceptors (Lipinski definition) is 0. The lowest BCUT2D eigenvalue weighted by Gasteiger charge is -2.13. The molecular weight excluding hydrogens is 120 g/mol. The van der Waals surface area contributed by atoms with Crippen LogP contribution in [0.4, 0.5) is 0 Å². The van der Waals surface area contributed by atoms with Gasteiger partial charge in [0, 0.05) is 0 Å². The predicted octanol–water partition coefficient (Wildman–Crippen LogP) is 2.88. The Bertz CT molecular complexity index is 223. The first kappa shape index (κ1) is 7.20. The number of benzene rings is 1. The molecule has 0 aromatic heterocycles. The Labute approximate surface area is 62.9 Å². The third kappa shape index (κ3) is 1.15. The van der Waals surface area contributed by atoms with E-state index in [1.165, 1.54) is 16.7 Å². The lowest BCUT2D eigenvalue weighted by atomic mass is 10.0. The molecule has 0 nitrogen and oxygen atoms in total. The summed E-state index contributed by atoms with van der Waals surface area (Å²) in [5.74, 6) is 0. The van der Waals surface area contributed by atoms with E-state index in [4.69, 9.17) is 0 Å². The van der Waals surface area contributed by atoms with Crippen LogP contribution in [0.1, 0.15) is 23.6 Å². The summed E-state index contributed by atoms with van der Waals surface area (Å²) in [5.41, 5.74) is 4.11. The molecule has 1 aromatic carbocycles. The van der Waals surface area contributed by atoms with Crippen molar-refractivity contribution in [3.05, 3.63) is 41.3 Å². The zero-order valence-electron chi connectivity index (χ0n) is 6.81. The Morgan fingerprint density at radius 3 is 2.40 bits per heavy atom. The summed E-state index contributed by atoms with van der Waals surface area (Å²) < 4.78 is 0. The van der Waals surface area contributed by atoms with E-state index in [0.717, 1.165) is 0 Å². The van der Waals surface area contributed by atoms with E-state index in [0.29, 0.717) is 0 Å². The molecule has 1 aromatic rings. The second-order valence-corrected chi connectivity index (χ2v) is 2.58. The maximum absolute atomic E-state index is 2.16. The molecule has 0 fully saturated rings. The third-order valence-electron chi connectivity index (χ3n) is 1.96. The molecule has 0 N–H and O–H groups in total. The standard InChI is InChI=1S/C10H13/c1-4-10-7-5-6-8(2)9(10)3/h4-7H,1-3H3/q-1. The van der Waals surface area contributed by atoms with Gasteiger partial charge in [-0.3, -0.25) is 0 Å². The van der Waals surface area contributed by atoms with Gasteiger partial charge in [-0.25, -0.2) is 0 Å². The van der Waals surface area contributed by atoms with Gasteiger partial charge in [0.1, 0.15) is 0 Å². The number of aryl methyl sites for hydroxylation is 1. The van der Waals surface area contributed by atoms with Crippen LogP contribution in [0.2, 0.25) is 0 Å². The van der Waals surface area contributed by atoms with Gasteiger partial charge in [-0.05, 0) is 0 Å². The molecule has 54 valence electrons. The van der Waals surface area contributed by atoms with Crippen LogP contribution < -0.4 is 0 Å². The van der Waals surface area contributed by atoms with Crippen LogP contribution in [0.3, 0.4) is 0 Å².